The summed E-state index contributed by atoms with van der Waals surface area (Å²) in [6.07, 6.45) is 0.372. The number of aryl methyl sites for hydroxylation is 1. The first-order valence-electron chi connectivity index (χ1n) is 8.97. The maximum absolute atomic E-state index is 12.7. The van der Waals surface area contributed by atoms with Crippen molar-refractivity contribution in [2.75, 3.05) is 5.32 Å². The molecule has 1 atom stereocenters. The maximum Gasteiger partial charge on any atom is 0.408 e. The predicted octanol–water partition coefficient (Wildman–Crippen LogP) is 4.07. The number of nitrogens with zero attached hydrogens (tertiary/aromatic N) is 1. The smallest absolute Gasteiger partial charge is 0.408 e. The molecule has 150 valence electrons. The summed E-state index contributed by atoms with van der Waals surface area (Å²) >= 11 is 6.12. The number of alkyl carbamates (subject to hydrolysis) is 1. The molecule has 3 N–H and O–H groups in total. The number of hydrogen-bond acceptors (Lipinski definition) is 6. The summed E-state index contributed by atoms with van der Waals surface area (Å²) in [6.45, 7) is 0.125. The average molecular weight is 429 g/mol. The van der Waals surface area contributed by atoms with Crippen molar-refractivity contribution in [2.45, 2.75) is 25.5 Å². The summed E-state index contributed by atoms with van der Waals surface area (Å²) in [5.74, 6) is -0.379. The second kappa shape index (κ2) is 10.5. The number of aromatic nitrogens is 2. The van der Waals surface area contributed by atoms with E-state index in [-0.39, 0.29) is 12.5 Å². The van der Waals surface area contributed by atoms with Gasteiger partial charge in [-0.1, -0.05) is 72.0 Å². The van der Waals surface area contributed by atoms with E-state index in [1.165, 1.54) is 0 Å². The molecule has 0 saturated heterocycles. The lowest BCUT2D eigenvalue weighted by Crippen LogP contribution is -2.44. The Hall–Kier alpha value is -3.04. The number of H-pyrrole nitrogens is 1. The zero-order valence-corrected chi connectivity index (χ0v) is 17.1. The van der Waals surface area contributed by atoms with Gasteiger partial charge in [0.05, 0.1) is 0 Å². The van der Waals surface area contributed by atoms with Gasteiger partial charge in [-0.05, 0) is 36.2 Å². The van der Waals surface area contributed by atoms with Crippen LogP contribution in [0, 0.1) is 3.95 Å². The van der Waals surface area contributed by atoms with E-state index in [1.54, 1.807) is 0 Å². The Balaban J connectivity index is 1.61. The van der Waals surface area contributed by atoms with Crippen LogP contribution >= 0.6 is 23.6 Å². The Labute approximate surface area is 177 Å². The number of rotatable bonds is 8. The van der Waals surface area contributed by atoms with Crippen LogP contribution in [0.3, 0.4) is 0 Å². The van der Waals surface area contributed by atoms with Crippen molar-refractivity contribution < 1.29 is 14.3 Å². The molecule has 9 heteroatoms. The van der Waals surface area contributed by atoms with Crippen LogP contribution in [0.1, 0.15) is 17.5 Å². The molecule has 0 aliphatic heterocycles. The van der Waals surface area contributed by atoms with E-state index in [2.05, 4.69) is 20.8 Å². The van der Waals surface area contributed by atoms with Crippen LogP contribution in [0.4, 0.5) is 9.93 Å². The first kappa shape index (κ1) is 20.7. The van der Waals surface area contributed by atoms with Crippen molar-refractivity contribution in [3.63, 3.8) is 0 Å². The summed E-state index contributed by atoms with van der Waals surface area (Å²) in [5, 5.41) is 12.2. The summed E-state index contributed by atoms with van der Waals surface area (Å²) < 4.78 is 5.70. The molecule has 29 heavy (non-hydrogen) atoms. The Kier molecular flexibility index (Phi) is 7.48. The van der Waals surface area contributed by atoms with Crippen LogP contribution < -0.4 is 10.6 Å². The first-order valence-corrected chi connectivity index (χ1v) is 10.2. The highest BCUT2D eigenvalue weighted by Gasteiger charge is 2.22. The predicted molar refractivity (Wildman–Crippen MR) is 114 cm³/mol. The minimum atomic E-state index is -0.782. The molecule has 2 aromatic carbocycles. The van der Waals surface area contributed by atoms with Gasteiger partial charge in [0.25, 0.3) is 0 Å². The van der Waals surface area contributed by atoms with Gasteiger partial charge in [-0.2, -0.15) is 0 Å². The van der Waals surface area contributed by atoms with E-state index < -0.39 is 12.1 Å². The van der Waals surface area contributed by atoms with Gasteiger partial charge >= 0.3 is 6.09 Å². The molecule has 1 heterocycles. The standard InChI is InChI=1S/C20H20N4O3S2/c25-17(22-18-23-24-20(28)29-18)16(12-11-14-7-3-1-4-8-14)21-19(26)27-13-15-9-5-2-6-10-15/h1-10,16H,11-13H2,(H,21,26)(H,24,28)(H,22,23,25)/t16-/m0/s1. The molecule has 0 fully saturated rings. The molecule has 0 spiro atoms. The SMILES string of the molecule is O=C(N[C@@H](CCc1ccccc1)C(=O)Nc1n[nH]c(=S)s1)OCc1ccccc1. The third-order valence-electron chi connectivity index (χ3n) is 4.05. The second-order valence-corrected chi connectivity index (χ2v) is 7.86. The molecule has 0 aliphatic carbocycles. The molecule has 0 bridgehead atoms. The number of carbonyl (C=O) groups excluding carboxylic acids is 2. The molecule has 0 saturated carbocycles. The van der Waals surface area contributed by atoms with E-state index in [9.17, 15) is 9.59 Å². The van der Waals surface area contributed by atoms with E-state index in [0.717, 1.165) is 22.5 Å². The highest BCUT2D eigenvalue weighted by Crippen LogP contribution is 2.13. The van der Waals surface area contributed by atoms with Gasteiger partial charge in [0.1, 0.15) is 12.6 Å². The molecule has 0 aliphatic rings. The molecular formula is C20H20N4O3S2. The van der Waals surface area contributed by atoms with Crippen LogP contribution in [-0.2, 0) is 22.6 Å². The lowest BCUT2D eigenvalue weighted by molar-refractivity contribution is -0.118. The number of carbonyl (C=O) groups is 2. The van der Waals surface area contributed by atoms with Gasteiger partial charge in [-0.25, -0.2) is 4.79 Å². The summed E-state index contributed by atoms with van der Waals surface area (Å²) in [7, 11) is 0. The number of hydrogen-bond donors (Lipinski definition) is 3. The number of amides is 2. The molecule has 0 unspecified atom stereocenters. The maximum atomic E-state index is 12.7. The second-order valence-electron chi connectivity index (χ2n) is 6.19. The molecular weight excluding hydrogens is 408 g/mol. The minimum Gasteiger partial charge on any atom is -0.445 e. The first-order chi connectivity index (χ1) is 14.1. The molecule has 3 rings (SSSR count). The zero-order valence-electron chi connectivity index (χ0n) is 15.5. The fourth-order valence-corrected chi connectivity index (χ4v) is 3.40. The lowest BCUT2D eigenvalue weighted by atomic mass is 10.0. The molecule has 2 amide bonds. The lowest BCUT2D eigenvalue weighted by Gasteiger charge is -2.17. The van der Waals surface area contributed by atoms with Crippen LogP contribution in [0.2, 0.25) is 0 Å². The van der Waals surface area contributed by atoms with E-state index in [1.807, 2.05) is 60.7 Å². The molecule has 7 nitrogen and oxygen atoms in total. The number of anilines is 1. The summed E-state index contributed by atoms with van der Waals surface area (Å²) in [4.78, 5) is 24.9. The van der Waals surface area contributed by atoms with Gasteiger partial charge in [-0.15, -0.1) is 5.10 Å². The quantitative estimate of drug-likeness (QED) is 0.470. The van der Waals surface area contributed by atoms with Crippen LogP contribution in [0.25, 0.3) is 0 Å². The Morgan fingerprint density at radius 2 is 1.72 bits per heavy atom. The highest BCUT2D eigenvalue weighted by atomic mass is 32.1. The van der Waals surface area contributed by atoms with Gasteiger partial charge < -0.3 is 10.1 Å². The number of benzene rings is 2. The summed E-state index contributed by atoms with van der Waals surface area (Å²) in [5.41, 5.74) is 1.93. The van der Waals surface area contributed by atoms with Crippen molar-refractivity contribution in [1.82, 2.24) is 15.5 Å². The van der Waals surface area contributed by atoms with Crippen molar-refractivity contribution in [2.24, 2.45) is 0 Å². The van der Waals surface area contributed by atoms with Gasteiger partial charge in [0.2, 0.25) is 11.0 Å². The monoisotopic (exact) mass is 428 g/mol. The van der Waals surface area contributed by atoms with Crippen LogP contribution in [0.5, 0.6) is 0 Å². The van der Waals surface area contributed by atoms with E-state index in [0.29, 0.717) is 21.9 Å². The number of ether oxygens (including phenoxy) is 1. The van der Waals surface area contributed by atoms with Crippen LogP contribution in [0.15, 0.2) is 60.7 Å². The zero-order chi connectivity index (χ0) is 20.5. The third kappa shape index (κ3) is 6.81. The number of nitrogens with one attached hydrogen (secondary N) is 3. The molecule has 0 radical (unpaired) electrons. The Morgan fingerprint density at radius 1 is 1.07 bits per heavy atom. The topological polar surface area (TPSA) is 96.1 Å². The summed E-state index contributed by atoms with van der Waals surface area (Å²) in [6, 6.07) is 18.3. The van der Waals surface area contributed by atoms with Crippen molar-refractivity contribution in [1.29, 1.82) is 0 Å². The van der Waals surface area contributed by atoms with E-state index in [4.69, 9.17) is 17.0 Å². The Morgan fingerprint density at radius 3 is 2.34 bits per heavy atom. The van der Waals surface area contributed by atoms with Gasteiger partial charge in [-0.3, -0.25) is 15.2 Å². The highest BCUT2D eigenvalue weighted by molar-refractivity contribution is 7.73. The average Bonchev–Trinajstić information content (AvgIpc) is 3.15. The fourth-order valence-electron chi connectivity index (χ4n) is 2.61. The fraction of sp³-hybridized carbons (Fsp3) is 0.200. The van der Waals surface area contributed by atoms with Gasteiger partial charge in [0, 0.05) is 0 Å². The van der Waals surface area contributed by atoms with Crippen molar-refractivity contribution in [3.05, 3.63) is 75.7 Å². The number of aromatic amines is 1. The third-order valence-corrected chi connectivity index (χ3v) is 5.06. The molecule has 1 aromatic heterocycles. The minimum absolute atomic E-state index is 0.125. The van der Waals surface area contributed by atoms with Crippen LogP contribution in [-0.4, -0.2) is 28.2 Å². The van der Waals surface area contributed by atoms with Crippen molar-refractivity contribution in [3.8, 4) is 0 Å². The Bertz CT molecular complexity index is 989. The van der Waals surface area contributed by atoms with E-state index >= 15 is 0 Å². The largest absolute Gasteiger partial charge is 0.445 e. The normalized spacial score (nSPS) is 11.4. The molecule has 3 aromatic rings. The van der Waals surface area contributed by atoms with Crippen molar-refractivity contribution >= 4 is 40.7 Å². The van der Waals surface area contributed by atoms with Gasteiger partial charge in [0.15, 0.2) is 3.95 Å².